The standard InChI is InChI=1S/C56H53NO/c1-4-15-39(16-5-1)47-33-32-45(37-52(47)41-19-8-3-9-20-41)57(54-36-43-21-10-11-22-46(43)49-23-12-13-24-50(49)54)44-30-27-38(28-31-44)42-29-34-55-53(35-42)51-26-14-25-48(56(51)58-55)40-17-6-2-7-18-40/h1-8,11-15,17,19,22-27,29-35,38-40,43,45,53,55H,9-10,16,18,20-21,28,36-37H2. The van der Waals surface area contributed by atoms with Crippen molar-refractivity contribution in [2.45, 2.75) is 81.8 Å². The van der Waals surface area contributed by atoms with Gasteiger partial charge in [0, 0.05) is 51.4 Å². The monoisotopic (exact) mass is 755 g/mol. The molecule has 8 aliphatic carbocycles. The van der Waals surface area contributed by atoms with Crippen LogP contribution in [0.2, 0.25) is 0 Å². The van der Waals surface area contributed by atoms with Gasteiger partial charge in [-0.2, -0.15) is 0 Å². The average Bonchev–Trinajstić information content (AvgIpc) is 3.68. The van der Waals surface area contributed by atoms with Crippen molar-refractivity contribution in [1.82, 2.24) is 4.90 Å². The first-order valence-corrected chi connectivity index (χ1v) is 22.1. The summed E-state index contributed by atoms with van der Waals surface area (Å²) in [6.07, 6.45) is 59.6. The van der Waals surface area contributed by atoms with Crippen molar-refractivity contribution in [3.8, 4) is 5.75 Å². The van der Waals surface area contributed by atoms with Crippen LogP contribution in [0.25, 0.3) is 11.3 Å². The van der Waals surface area contributed by atoms with Crippen LogP contribution < -0.4 is 15.2 Å². The van der Waals surface area contributed by atoms with Gasteiger partial charge in [-0.25, -0.2) is 0 Å². The third kappa shape index (κ3) is 6.42. The van der Waals surface area contributed by atoms with E-state index >= 15 is 0 Å². The molecule has 288 valence electrons. The number of ether oxygens (including phenoxy) is 1. The number of nitrogens with zero attached hydrogens (tertiary/aromatic N) is 1. The third-order valence-corrected chi connectivity index (χ3v) is 14.1. The van der Waals surface area contributed by atoms with Crippen molar-refractivity contribution in [3.63, 3.8) is 0 Å². The van der Waals surface area contributed by atoms with E-state index in [1.165, 1.54) is 61.7 Å². The summed E-state index contributed by atoms with van der Waals surface area (Å²) in [7, 11) is 0. The molecule has 0 fully saturated rings. The second-order valence-corrected chi connectivity index (χ2v) is 17.5. The molecule has 7 atom stereocenters. The fourth-order valence-electron chi connectivity index (χ4n) is 11.2. The summed E-state index contributed by atoms with van der Waals surface area (Å²) in [4.78, 5) is 2.78. The van der Waals surface area contributed by atoms with Crippen LogP contribution in [0.5, 0.6) is 5.75 Å². The summed E-state index contributed by atoms with van der Waals surface area (Å²) in [5.74, 6) is 3.06. The van der Waals surface area contributed by atoms with Gasteiger partial charge in [-0.3, -0.25) is 0 Å². The summed E-state index contributed by atoms with van der Waals surface area (Å²) in [5.41, 5.74) is 13.0. The first-order valence-electron chi connectivity index (χ1n) is 22.1. The molecule has 0 radical (unpaired) electrons. The maximum atomic E-state index is 6.72. The molecule has 0 aromatic heterocycles. The number of fused-ring (bicyclic) bond motifs is 5. The van der Waals surface area contributed by atoms with Gasteiger partial charge in [-0.15, -0.1) is 0 Å². The zero-order valence-electron chi connectivity index (χ0n) is 33.4. The first kappa shape index (κ1) is 35.6. The molecule has 2 nitrogen and oxygen atoms in total. The van der Waals surface area contributed by atoms with Crippen LogP contribution in [-0.2, 0) is 0 Å². The molecule has 2 heteroatoms. The molecule has 0 amide bonds. The second-order valence-electron chi connectivity index (χ2n) is 17.5. The Morgan fingerprint density at radius 1 is 0.621 bits per heavy atom. The Labute approximate surface area is 344 Å². The Morgan fingerprint density at radius 2 is 1.48 bits per heavy atom. The van der Waals surface area contributed by atoms with Crippen LogP contribution >= 0.6 is 0 Å². The summed E-state index contributed by atoms with van der Waals surface area (Å²) >= 11 is 0. The number of hydrogen-bond donors (Lipinski definition) is 0. The minimum Gasteiger partial charge on any atom is -0.485 e. The summed E-state index contributed by atoms with van der Waals surface area (Å²) < 4.78 is 6.72. The van der Waals surface area contributed by atoms with Crippen molar-refractivity contribution in [2.75, 3.05) is 0 Å². The minimum atomic E-state index is 0.0661. The molecule has 9 aliphatic rings. The summed E-state index contributed by atoms with van der Waals surface area (Å²) in [5, 5.41) is 2.83. The van der Waals surface area contributed by atoms with E-state index in [0.29, 0.717) is 23.7 Å². The van der Waals surface area contributed by atoms with E-state index in [1.807, 2.05) is 0 Å². The normalized spacial score (nSPS) is 30.0. The van der Waals surface area contributed by atoms with Crippen LogP contribution in [0.4, 0.5) is 0 Å². The highest BCUT2D eigenvalue weighted by atomic mass is 16.5. The Morgan fingerprint density at radius 3 is 2.29 bits per heavy atom. The quantitative estimate of drug-likeness (QED) is 0.279. The van der Waals surface area contributed by atoms with Crippen molar-refractivity contribution >= 4 is 11.3 Å². The van der Waals surface area contributed by atoms with Gasteiger partial charge in [-0.05, 0) is 109 Å². The molecule has 2 aromatic rings. The lowest BCUT2D eigenvalue weighted by Crippen LogP contribution is -2.44. The van der Waals surface area contributed by atoms with Crippen LogP contribution in [0.15, 0.2) is 198 Å². The smallest absolute Gasteiger partial charge is 0.128 e. The first-order chi connectivity index (χ1) is 28.8. The average molecular weight is 756 g/mol. The van der Waals surface area contributed by atoms with Crippen molar-refractivity contribution in [3.05, 3.63) is 220 Å². The number of hydrogen-bond acceptors (Lipinski definition) is 2. The molecule has 11 rings (SSSR count). The van der Waals surface area contributed by atoms with Crippen molar-refractivity contribution in [1.29, 1.82) is 0 Å². The lowest BCUT2D eigenvalue weighted by molar-refractivity contribution is 0.265. The minimum absolute atomic E-state index is 0.0661. The molecule has 1 heterocycles. The number of benzene rings is 2. The van der Waals surface area contributed by atoms with Crippen molar-refractivity contribution in [2.24, 2.45) is 17.8 Å². The lowest BCUT2D eigenvalue weighted by Gasteiger charge is -2.42. The maximum absolute atomic E-state index is 6.72. The lowest BCUT2D eigenvalue weighted by atomic mass is 9.77. The van der Waals surface area contributed by atoms with Crippen LogP contribution in [0, 0.1) is 17.8 Å². The molecule has 0 spiro atoms. The fourth-order valence-corrected chi connectivity index (χ4v) is 11.2. The van der Waals surface area contributed by atoms with E-state index < -0.39 is 0 Å². The molecule has 7 unspecified atom stereocenters. The largest absolute Gasteiger partial charge is 0.485 e. The van der Waals surface area contributed by atoms with E-state index in [1.54, 1.807) is 5.57 Å². The molecule has 0 bridgehead atoms. The van der Waals surface area contributed by atoms with Gasteiger partial charge in [0.1, 0.15) is 11.9 Å². The SMILES string of the molecule is C1=CCCC(C2=C(C3C=CC=CC3)C=CC(N(C3=CCC(C4=CC5c6cccc(C7C=CC=CC7)c6OC5C=C4)C=C3)C3=c4ccccc4=C4C=CCCC4C3)C2)=C1. The maximum Gasteiger partial charge on any atom is 0.128 e. The second kappa shape index (κ2) is 15.3. The molecule has 2 aromatic carbocycles. The summed E-state index contributed by atoms with van der Waals surface area (Å²) in [6.45, 7) is 0. The Hall–Kier alpha value is -5.60. The fraction of sp³-hybridized carbons (Fsp3) is 0.286. The Bertz CT molecular complexity index is 2570. The summed E-state index contributed by atoms with van der Waals surface area (Å²) in [6, 6.07) is 16.3. The highest BCUT2D eigenvalue weighted by molar-refractivity contribution is 5.68. The van der Waals surface area contributed by atoms with Crippen LogP contribution in [0.1, 0.15) is 80.8 Å². The Balaban J connectivity index is 0.949. The van der Waals surface area contributed by atoms with E-state index in [0.717, 1.165) is 57.1 Å². The molecule has 1 aliphatic heterocycles. The number of allylic oxidation sites excluding steroid dienone is 21. The molecule has 0 N–H and O–H groups in total. The van der Waals surface area contributed by atoms with E-state index in [4.69, 9.17) is 4.74 Å². The van der Waals surface area contributed by atoms with Gasteiger partial charge in [0.25, 0.3) is 0 Å². The zero-order valence-corrected chi connectivity index (χ0v) is 33.4. The van der Waals surface area contributed by atoms with Crippen LogP contribution in [0.3, 0.4) is 0 Å². The highest BCUT2D eigenvalue weighted by Gasteiger charge is 2.37. The van der Waals surface area contributed by atoms with Gasteiger partial charge in [0.05, 0.1) is 6.04 Å². The molecular formula is C56H53NO. The topological polar surface area (TPSA) is 12.5 Å². The highest BCUT2D eigenvalue weighted by Crippen LogP contribution is 2.49. The number of rotatable bonds is 7. The molecule has 58 heavy (non-hydrogen) atoms. The van der Waals surface area contributed by atoms with Gasteiger partial charge >= 0.3 is 0 Å². The number of para-hydroxylation sites is 1. The third-order valence-electron chi connectivity index (χ3n) is 14.1. The van der Waals surface area contributed by atoms with Crippen LogP contribution in [-0.4, -0.2) is 17.0 Å². The Kier molecular flexibility index (Phi) is 9.37. The van der Waals surface area contributed by atoms with Gasteiger partial charge in [-0.1, -0.05) is 158 Å². The zero-order chi connectivity index (χ0) is 38.4. The van der Waals surface area contributed by atoms with Crippen molar-refractivity contribution < 1.29 is 4.74 Å². The predicted molar refractivity (Wildman–Crippen MR) is 240 cm³/mol. The van der Waals surface area contributed by atoms with Gasteiger partial charge in [0.15, 0.2) is 0 Å². The van der Waals surface area contributed by atoms with Gasteiger partial charge in [0.2, 0.25) is 0 Å². The van der Waals surface area contributed by atoms with E-state index in [2.05, 4.69) is 175 Å². The van der Waals surface area contributed by atoms with E-state index in [9.17, 15) is 0 Å². The molecule has 0 saturated carbocycles. The van der Waals surface area contributed by atoms with E-state index in [-0.39, 0.29) is 18.1 Å². The van der Waals surface area contributed by atoms with Gasteiger partial charge < -0.3 is 9.64 Å². The predicted octanol–water partition coefficient (Wildman–Crippen LogP) is 11.8. The molecule has 0 saturated heterocycles. The molecular weight excluding hydrogens is 703 g/mol.